The largest absolute Gasteiger partial charge is 0.444 e. The zero-order valence-corrected chi connectivity index (χ0v) is 24.9. The van der Waals surface area contributed by atoms with Gasteiger partial charge in [-0.2, -0.15) is 0 Å². The van der Waals surface area contributed by atoms with E-state index in [2.05, 4.69) is 0 Å². The third kappa shape index (κ3) is 7.04. The van der Waals surface area contributed by atoms with Gasteiger partial charge < -0.3 is 19.3 Å². The number of benzene rings is 2. The van der Waals surface area contributed by atoms with Crippen molar-refractivity contribution < 1.29 is 23.9 Å². The molecule has 0 spiro atoms. The van der Waals surface area contributed by atoms with Crippen molar-refractivity contribution in [3.8, 4) is 0 Å². The number of nitrogens with zero attached hydrogens (tertiary/aromatic N) is 2. The predicted molar refractivity (Wildman–Crippen MR) is 155 cm³/mol. The van der Waals surface area contributed by atoms with Crippen molar-refractivity contribution in [1.29, 1.82) is 0 Å². The molecule has 0 bridgehead atoms. The Morgan fingerprint density at radius 1 is 0.625 bits per heavy atom. The van der Waals surface area contributed by atoms with Gasteiger partial charge in [0, 0.05) is 24.2 Å². The third-order valence-corrected chi connectivity index (χ3v) is 7.39. The molecular weight excluding hydrogens is 504 g/mol. The number of hydrogen-bond donors (Lipinski definition) is 0. The summed E-state index contributed by atoms with van der Waals surface area (Å²) in [6.45, 7) is 12.4. The van der Waals surface area contributed by atoms with E-state index in [4.69, 9.17) is 9.47 Å². The molecule has 2 aliphatic rings. The molecule has 0 aliphatic carbocycles. The summed E-state index contributed by atoms with van der Waals surface area (Å²) < 4.78 is 11.5. The number of likely N-dealkylation sites (tertiary alicyclic amines) is 2. The van der Waals surface area contributed by atoms with E-state index in [1.54, 1.807) is 9.80 Å². The van der Waals surface area contributed by atoms with Crippen LogP contribution in [0.25, 0.3) is 0 Å². The van der Waals surface area contributed by atoms with E-state index in [9.17, 15) is 14.4 Å². The first-order valence-corrected chi connectivity index (χ1v) is 14.6. The van der Waals surface area contributed by atoms with E-state index in [0.717, 1.165) is 49.7 Å². The highest BCUT2D eigenvalue weighted by Crippen LogP contribution is 2.38. The molecule has 7 nitrogen and oxygen atoms in total. The van der Waals surface area contributed by atoms with Gasteiger partial charge in [0.05, 0.1) is 12.1 Å². The summed E-state index contributed by atoms with van der Waals surface area (Å²) in [5.41, 5.74) is 1.62. The van der Waals surface area contributed by atoms with Crippen molar-refractivity contribution in [2.24, 2.45) is 0 Å². The molecule has 40 heavy (non-hydrogen) atoms. The lowest BCUT2D eigenvalue weighted by Crippen LogP contribution is -2.42. The van der Waals surface area contributed by atoms with E-state index >= 15 is 0 Å². The van der Waals surface area contributed by atoms with Crippen LogP contribution in [0.1, 0.15) is 119 Å². The van der Waals surface area contributed by atoms with E-state index in [-0.39, 0.29) is 30.1 Å². The van der Waals surface area contributed by atoms with Crippen molar-refractivity contribution in [3.05, 3.63) is 70.8 Å². The Bertz CT molecular complexity index is 1130. The van der Waals surface area contributed by atoms with Crippen LogP contribution in [0, 0.1) is 0 Å². The van der Waals surface area contributed by atoms with Crippen molar-refractivity contribution >= 4 is 18.0 Å². The lowest BCUT2D eigenvalue weighted by atomic mass is 9.85. The summed E-state index contributed by atoms with van der Waals surface area (Å²) in [6, 6.07) is 14.7. The second-order valence-corrected chi connectivity index (χ2v) is 12.9. The molecule has 2 amide bonds. The van der Waals surface area contributed by atoms with Crippen LogP contribution < -0.4 is 0 Å². The summed E-state index contributed by atoms with van der Waals surface area (Å²) in [6.07, 6.45) is 4.56. The quantitative estimate of drug-likeness (QED) is 0.364. The summed E-state index contributed by atoms with van der Waals surface area (Å²) in [4.78, 5) is 44.2. The van der Waals surface area contributed by atoms with Crippen LogP contribution in [0.5, 0.6) is 0 Å². The Kier molecular flexibility index (Phi) is 8.91. The number of ketones is 1. The molecule has 0 radical (unpaired) electrons. The molecule has 216 valence electrons. The summed E-state index contributed by atoms with van der Waals surface area (Å²) in [5.74, 6) is -0.101. The maximum Gasteiger partial charge on any atom is 0.410 e. The molecule has 2 aromatic rings. The molecule has 0 aromatic heterocycles. The number of amides is 2. The Balaban J connectivity index is 1.69. The van der Waals surface area contributed by atoms with Gasteiger partial charge in [-0.3, -0.25) is 4.79 Å². The number of hydrogen-bond acceptors (Lipinski definition) is 5. The van der Waals surface area contributed by atoms with Crippen LogP contribution >= 0.6 is 0 Å². The van der Waals surface area contributed by atoms with Gasteiger partial charge in [0.2, 0.25) is 0 Å². The van der Waals surface area contributed by atoms with Crippen molar-refractivity contribution in [3.63, 3.8) is 0 Å². The Morgan fingerprint density at radius 2 is 1.00 bits per heavy atom. The number of carbonyl (C=O) groups is 3. The van der Waals surface area contributed by atoms with Crippen LogP contribution in [0.4, 0.5) is 9.59 Å². The molecule has 4 rings (SSSR count). The van der Waals surface area contributed by atoms with Gasteiger partial charge in [-0.05, 0) is 91.2 Å². The lowest BCUT2D eigenvalue weighted by Gasteiger charge is -2.38. The Morgan fingerprint density at radius 3 is 1.38 bits per heavy atom. The standard InChI is InChI=1S/C33H44N2O5/c1-32(2,3)39-30(37)34-21-13-11-19-27(34)23-15-7-9-17-25(23)29(36)26-18-10-8-16-24(26)28-20-12-14-22-35(28)31(38)40-33(4,5)6/h7-10,15-18,27-28H,11-14,19-22H2,1-6H3/t27-,28?/m0/s1. The number of rotatable bonds is 4. The first kappa shape index (κ1) is 29.6. The number of ether oxygens (including phenoxy) is 2. The fourth-order valence-corrected chi connectivity index (χ4v) is 5.72. The van der Waals surface area contributed by atoms with Crippen LogP contribution in [0.15, 0.2) is 48.5 Å². The average Bonchev–Trinajstić information content (AvgIpc) is 2.91. The summed E-state index contributed by atoms with van der Waals surface area (Å²) in [5, 5.41) is 0. The van der Waals surface area contributed by atoms with Crippen molar-refractivity contribution in [2.75, 3.05) is 13.1 Å². The minimum Gasteiger partial charge on any atom is -0.444 e. The highest BCUT2D eigenvalue weighted by Gasteiger charge is 2.36. The number of carbonyl (C=O) groups excluding carboxylic acids is 3. The van der Waals surface area contributed by atoms with Gasteiger partial charge >= 0.3 is 12.2 Å². The van der Waals surface area contributed by atoms with Gasteiger partial charge in [0.15, 0.2) is 5.78 Å². The fraction of sp³-hybridized carbons (Fsp3) is 0.545. The molecule has 2 atom stereocenters. The fourth-order valence-electron chi connectivity index (χ4n) is 5.72. The maximum absolute atomic E-state index is 14.3. The van der Waals surface area contributed by atoms with Gasteiger partial charge in [-0.25, -0.2) is 9.59 Å². The minimum atomic E-state index is -0.604. The monoisotopic (exact) mass is 548 g/mol. The molecule has 2 fully saturated rings. The predicted octanol–water partition coefficient (Wildman–Crippen LogP) is 7.84. The van der Waals surface area contributed by atoms with Gasteiger partial charge in [0.1, 0.15) is 11.2 Å². The van der Waals surface area contributed by atoms with Gasteiger partial charge in [-0.1, -0.05) is 48.5 Å². The second kappa shape index (κ2) is 12.0. The first-order valence-electron chi connectivity index (χ1n) is 14.6. The molecule has 2 saturated heterocycles. The highest BCUT2D eigenvalue weighted by molar-refractivity contribution is 6.11. The molecule has 2 aliphatic heterocycles. The van der Waals surface area contributed by atoms with E-state index in [0.29, 0.717) is 24.2 Å². The average molecular weight is 549 g/mol. The van der Waals surface area contributed by atoms with E-state index in [1.165, 1.54) is 0 Å². The minimum absolute atomic E-state index is 0.101. The van der Waals surface area contributed by atoms with Crippen LogP contribution in [0.2, 0.25) is 0 Å². The number of piperidine rings is 2. The van der Waals surface area contributed by atoms with Gasteiger partial charge in [-0.15, -0.1) is 0 Å². The zero-order chi connectivity index (χ0) is 29.1. The molecule has 1 unspecified atom stereocenters. The van der Waals surface area contributed by atoms with Crippen LogP contribution in [0.3, 0.4) is 0 Å². The van der Waals surface area contributed by atoms with E-state index < -0.39 is 11.2 Å². The topological polar surface area (TPSA) is 76.2 Å². The van der Waals surface area contributed by atoms with Crippen LogP contribution in [-0.4, -0.2) is 52.1 Å². The molecule has 0 saturated carbocycles. The smallest absolute Gasteiger partial charge is 0.410 e. The van der Waals surface area contributed by atoms with Gasteiger partial charge in [0.25, 0.3) is 0 Å². The molecule has 0 N–H and O–H groups in total. The Labute approximate surface area is 238 Å². The molecular formula is C33H44N2O5. The molecule has 2 heterocycles. The second-order valence-electron chi connectivity index (χ2n) is 12.9. The summed E-state index contributed by atoms with van der Waals surface area (Å²) in [7, 11) is 0. The SMILES string of the molecule is CC(C)(C)OC(=O)N1CCCCC1c1ccccc1C(=O)c1ccccc1[C@@H]1CCCCN1C(=O)OC(C)(C)C. The normalized spacial score (nSPS) is 20.1. The highest BCUT2D eigenvalue weighted by atomic mass is 16.6. The Hall–Kier alpha value is -3.35. The third-order valence-electron chi connectivity index (χ3n) is 7.39. The lowest BCUT2D eigenvalue weighted by molar-refractivity contribution is 0.00856. The molecule has 2 aromatic carbocycles. The zero-order valence-electron chi connectivity index (χ0n) is 24.9. The van der Waals surface area contributed by atoms with Crippen LogP contribution in [-0.2, 0) is 9.47 Å². The maximum atomic E-state index is 14.3. The first-order chi connectivity index (χ1) is 18.9. The summed E-state index contributed by atoms with van der Waals surface area (Å²) >= 11 is 0. The van der Waals surface area contributed by atoms with E-state index in [1.807, 2.05) is 90.1 Å². The van der Waals surface area contributed by atoms with Crippen molar-refractivity contribution in [1.82, 2.24) is 9.80 Å². The molecule has 7 heteroatoms. The van der Waals surface area contributed by atoms with Crippen molar-refractivity contribution in [2.45, 2.75) is 103 Å².